The van der Waals surface area contributed by atoms with Gasteiger partial charge >= 0.3 is 0 Å². The summed E-state index contributed by atoms with van der Waals surface area (Å²) in [4.78, 5) is 14.4. The van der Waals surface area contributed by atoms with Crippen molar-refractivity contribution in [3.63, 3.8) is 0 Å². The van der Waals surface area contributed by atoms with E-state index < -0.39 is 0 Å². The molecule has 0 fully saturated rings. The molecule has 0 spiro atoms. The Bertz CT molecular complexity index is 458. The molecule has 1 aromatic rings. The molecule has 0 aliphatic carbocycles. The first-order valence-electron chi connectivity index (χ1n) is 7.26. The number of ether oxygens (including phenoxy) is 2. The average Bonchev–Trinajstić information content (AvgIpc) is 2.53. The SMILES string of the molecule is CCC(CC)N(CCO)C(=O)c1ccc(OC)c(OC)c1. The minimum absolute atomic E-state index is 0.0461. The summed E-state index contributed by atoms with van der Waals surface area (Å²) in [5.41, 5.74) is 0.535. The van der Waals surface area contributed by atoms with Crippen molar-refractivity contribution in [3.8, 4) is 11.5 Å². The monoisotopic (exact) mass is 295 g/mol. The molecule has 0 unspecified atom stereocenters. The second-order valence-corrected chi connectivity index (χ2v) is 4.76. The molecule has 0 heterocycles. The lowest BCUT2D eigenvalue weighted by Gasteiger charge is -2.30. The molecule has 1 aromatic carbocycles. The van der Waals surface area contributed by atoms with Crippen molar-refractivity contribution in [1.29, 1.82) is 0 Å². The van der Waals surface area contributed by atoms with Crippen molar-refractivity contribution < 1.29 is 19.4 Å². The number of amides is 1. The van der Waals surface area contributed by atoms with E-state index in [1.54, 1.807) is 37.3 Å². The normalized spacial score (nSPS) is 10.6. The molecule has 5 nitrogen and oxygen atoms in total. The van der Waals surface area contributed by atoms with Gasteiger partial charge in [0.2, 0.25) is 0 Å². The van der Waals surface area contributed by atoms with Crippen LogP contribution in [0.4, 0.5) is 0 Å². The molecule has 21 heavy (non-hydrogen) atoms. The van der Waals surface area contributed by atoms with E-state index in [4.69, 9.17) is 9.47 Å². The van der Waals surface area contributed by atoms with Gasteiger partial charge in [-0.1, -0.05) is 13.8 Å². The Labute approximate surface area is 126 Å². The third kappa shape index (κ3) is 4.11. The maximum atomic E-state index is 12.7. The molecule has 0 radical (unpaired) electrons. The number of rotatable bonds is 8. The zero-order valence-electron chi connectivity index (χ0n) is 13.3. The first-order valence-corrected chi connectivity index (χ1v) is 7.26. The van der Waals surface area contributed by atoms with Crippen LogP contribution in [0.5, 0.6) is 11.5 Å². The van der Waals surface area contributed by atoms with Gasteiger partial charge in [0.15, 0.2) is 11.5 Å². The Morgan fingerprint density at radius 1 is 1.19 bits per heavy atom. The zero-order chi connectivity index (χ0) is 15.8. The van der Waals surface area contributed by atoms with E-state index in [2.05, 4.69) is 0 Å². The van der Waals surface area contributed by atoms with Crippen molar-refractivity contribution in [1.82, 2.24) is 4.90 Å². The number of methoxy groups -OCH3 is 2. The number of carbonyl (C=O) groups excluding carboxylic acids is 1. The van der Waals surface area contributed by atoms with Gasteiger partial charge in [-0.05, 0) is 31.0 Å². The van der Waals surface area contributed by atoms with Crippen molar-refractivity contribution in [2.75, 3.05) is 27.4 Å². The van der Waals surface area contributed by atoms with Gasteiger partial charge in [-0.2, -0.15) is 0 Å². The molecule has 0 aliphatic rings. The number of carbonyl (C=O) groups is 1. The average molecular weight is 295 g/mol. The van der Waals surface area contributed by atoms with Gasteiger partial charge in [-0.3, -0.25) is 4.79 Å². The standard InChI is InChI=1S/C16H25NO4/c1-5-13(6-2)17(9-10-18)16(19)12-7-8-14(20-3)15(11-12)21-4/h7-8,11,13,18H,5-6,9-10H2,1-4H3. The van der Waals surface area contributed by atoms with Crippen molar-refractivity contribution in [2.24, 2.45) is 0 Å². The number of aliphatic hydroxyl groups is 1. The molecule has 1 amide bonds. The summed E-state index contributed by atoms with van der Waals surface area (Å²) in [5.74, 6) is 1.01. The molecular weight excluding hydrogens is 270 g/mol. The Morgan fingerprint density at radius 2 is 1.81 bits per heavy atom. The largest absolute Gasteiger partial charge is 0.493 e. The van der Waals surface area contributed by atoms with Crippen LogP contribution in [-0.4, -0.2) is 49.3 Å². The fourth-order valence-electron chi connectivity index (χ4n) is 2.42. The van der Waals surface area contributed by atoms with E-state index in [0.717, 1.165) is 12.8 Å². The molecule has 118 valence electrons. The molecule has 0 aliphatic heterocycles. The second-order valence-electron chi connectivity index (χ2n) is 4.76. The highest BCUT2D eigenvalue weighted by molar-refractivity contribution is 5.95. The Kier molecular flexibility index (Phi) is 7.02. The van der Waals surface area contributed by atoms with Gasteiger partial charge in [-0.25, -0.2) is 0 Å². The molecule has 0 saturated carbocycles. The van der Waals surface area contributed by atoms with Crippen LogP contribution in [-0.2, 0) is 0 Å². The predicted octanol–water partition coefficient (Wildman–Crippen LogP) is 2.33. The van der Waals surface area contributed by atoms with E-state index in [1.165, 1.54) is 0 Å². The fourth-order valence-corrected chi connectivity index (χ4v) is 2.42. The molecule has 0 aromatic heterocycles. The van der Waals surface area contributed by atoms with E-state index in [1.807, 2.05) is 13.8 Å². The van der Waals surface area contributed by atoms with E-state index in [-0.39, 0.29) is 18.6 Å². The third-order valence-electron chi connectivity index (χ3n) is 3.62. The lowest BCUT2D eigenvalue weighted by atomic mass is 10.1. The first kappa shape index (κ1) is 17.3. The summed E-state index contributed by atoms with van der Waals surface area (Å²) in [5, 5.41) is 9.22. The van der Waals surface area contributed by atoms with Crippen LogP contribution in [0.2, 0.25) is 0 Å². The van der Waals surface area contributed by atoms with Gasteiger partial charge in [0.05, 0.1) is 20.8 Å². The van der Waals surface area contributed by atoms with Crippen molar-refractivity contribution in [2.45, 2.75) is 32.7 Å². The lowest BCUT2D eigenvalue weighted by molar-refractivity contribution is 0.0622. The van der Waals surface area contributed by atoms with Gasteiger partial charge in [0, 0.05) is 18.2 Å². The highest BCUT2D eigenvalue weighted by Crippen LogP contribution is 2.28. The number of aliphatic hydroxyl groups excluding tert-OH is 1. The van der Waals surface area contributed by atoms with Gasteiger partial charge in [-0.15, -0.1) is 0 Å². The predicted molar refractivity (Wildman–Crippen MR) is 82.0 cm³/mol. The smallest absolute Gasteiger partial charge is 0.254 e. The summed E-state index contributed by atoms with van der Waals surface area (Å²) in [6, 6.07) is 5.23. The van der Waals surface area contributed by atoms with E-state index >= 15 is 0 Å². The number of hydrogen-bond donors (Lipinski definition) is 1. The van der Waals surface area contributed by atoms with Crippen LogP contribution < -0.4 is 9.47 Å². The minimum atomic E-state index is -0.0984. The van der Waals surface area contributed by atoms with E-state index in [0.29, 0.717) is 23.6 Å². The molecule has 5 heteroatoms. The highest BCUT2D eigenvalue weighted by Gasteiger charge is 2.22. The number of benzene rings is 1. The second kappa shape index (κ2) is 8.52. The quantitative estimate of drug-likeness (QED) is 0.799. The lowest BCUT2D eigenvalue weighted by Crippen LogP contribution is -2.41. The van der Waals surface area contributed by atoms with Crippen LogP contribution in [0.1, 0.15) is 37.0 Å². The number of hydrogen-bond acceptors (Lipinski definition) is 4. The molecule has 1 N–H and O–H groups in total. The van der Waals surface area contributed by atoms with Crippen LogP contribution in [0.25, 0.3) is 0 Å². The summed E-state index contributed by atoms with van der Waals surface area (Å²) in [7, 11) is 3.10. The maximum Gasteiger partial charge on any atom is 0.254 e. The molecule has 0 bridgehead atoms. The fraction of sp³-hybridized carbons (Fsp3) is 0.562. The summed E-state index contributed by atoms with van der Waals surface area (Å²) in [6.45, 7) is 4.37. The zero-order valence-corrected chi connectivity index (χ0v) is 13.3. The van der Waals surface area contributed by atoms with Gasteiger partial charge in [0.25, 0.3) is 5.91 Å². The summed E-state index contributed by atoms with van der Waals surface area (Å²) < 4.78 is 10.4. The van der Waals surface area contributed by atoms with E-state index in [9.17, 15) is 9.90 Å². The van der Waals surface area contributed by atoms with Crippen molar-refractivity contribution in [3.05, 3.63) is 23.8 Å². The molecule has 0 saturated heterocycles. The van der Waals surface area contributed by atoms with Gasteiger partial charge in [0.1, 0.15) is 0 Å². The summed E-state index contributed by atoms with van der Waals surface area (Å²) >= 11 is 0. The Hall–Kier alpha value is -1.75. The maximum absolute atomic E-state index is 12.7. The Balaban J connectivity index is 3.08. The molecule has 1 rings (SSSR count). The summed E-state index contributed by atoms with van der Waals surface area (Å²) in [6.07, 6.45) is 1.71. The van der Waals surface area contributed by atoms with Crippen LogP contribution in [0, 0.1) is 0 Å². The van der Waals surface area contributed by atoms with Crippen LogP contribution in [0.15, 0.2) is 18.2 Å². The minimum Gasteiger partial charge on any atom is -0.493 e. The topological polar surface area (TPSA) is 59.0 Å². The van der Waals surface area contributed by atoms with Crippen molar-refractivity contribution >= 4 is 5.91 Å². The third-order valence-corrected chi connectivity index (χ3v) is 3.62. The number of nitrogens with zero attached hydrogens (tertiary/aromatic N) is 1. The van der Waals surface area contributed by atoms with Crippen LogP contribution in [0.3, 0.4) is 0 Å². The first-order chi connectivity index (χ1) is 10.1. The highest BCUT2D eigenvalue weighted by atomic mass is 16.5. The van der Waals surface area contributed by atoms with Gasteiger partial charge < -0.3 is 19.5 Å². The molecule has 0 atom stereocenters. The van der Waals surface area contributed by atoms with Crippen LogP contribution >= 0.6 is 0 Å². The Morgan fingerprint density at radius 3 is 2.29 bits per heavy atom. The molecular formula is C16H25NO4.